The normalized spacial score (nSPS) is 14.2. The molecule has 1 aliphatic rings. The van der Waals surface area contributed by atoms with E-state index in [-0.39, 0.29) is 22.0 Å². The lowest BCUT2D eigenvalue weighted by atomic mass is 9.85. The second kappa shape index (κ2) is 8.74. The van der Waals surface area contributed by atoms with Crippen molar-refractivity contribution in [1.82, 2.24) is 29.2 Å². The van der Waals surface area contributed by atoms with E-state index < -0.39 is 0 Å². The van der Waals surface area contributed by atoms with Gasteiger partial charge in [-0.3, -0.25) is 13.9 Å². The molecule has 0 bridgehead atoms. The summed E-state index contributed by atoms with van der Waals surface area (Å²) in [6.07, 6.45) is 5.28. The smallest absolute Gasteiger partial charge is 0.332 e. The van der Waals surface area contributed by atoms with Crippen molar-refractivity contribution < 1.29 is 4.52 Å². The average molecular weight is 455 g/mol. The molecule has 166 valence electrons. The Hall–Kier alpha value is -3.20. The number of nitrogens with one attached hydrogen (secondary N) is 1. The second-order valence-electron chi connectivity index (χ2n) is 8.21. The fraction of sp³-hybridized carbons (Fsp3) is 0.409. The molecule has 0 radical (unpaired) electrons. The highest BCUT2D eigenvalue weighted by atomic mass is 35.5. The monoisotopic (exact) mass is 454 g/mol. The highest BCUT2D eigenvalue weighted by Gasteiger charge is 2.23. The second-order valence-corrected chi connectivity index (χ2v) is 8.57. The van der Waals surface area contributed by atoms with Gasteiger partial charge < -0.3 is 9.51 Å². The Morgan fingerprint density at radius 3 is 2.66 bits per heavy atom. The number of halogens is 1. The Morgan fingerprint density at radius 2 is 1.91 bits per heavy atom. The third-order valence-corrected chi connectivity index (χ3v) is 6.20. The van der Waals surface area contributed by atoms with Gasteiger partial charge in [0, 0.05) is 25.1 Å². The molecule has 3 aromatic heterocycles. The van der Waals surface area contributed by atoms with Crippen molar-refractivity contribution in [1.29, 1.82) is 0 Å². The molecular formula is C22H23ClN6O3. The van der Waals surface area contributed by atoms with Gasteiger partial charge >= 0.3 is 5.69 Å². The van der Waals surface area contributed by atoms with Gasteiger partial charge in [0.25, 0.3) is 11.4 Å². The van der Waals surface area contributed by atoms with Crippen LogP contribution >= 0.6 is 11.6 Å². The zero-order valence-electron chi connectivity index (χ0n) is 17.5. The van der Waals surface area contributed by atoms with E-state index in [0.29, 0.717) is 55.6 Å². The van der Waals surface area contributed by atoms with Crippen molar-refractivity contribution in [3.8, 4) is 11.5 Å². The van der Waals surface area contributed by atoms with Crippen molar-refractivity contribution >= 4 is 22.8 Å². The Kier molecular flexibility index (Phi) is 5.65. The number of hydrogen-bond donors (Lipinski definition) is 1. The van der Waals surface area contributed by atoms with Gasteiger partial charge in [-0.1, -0.05) is 29.8 Å². The van der Waals surface area contributed by atoms with Gasteiger partial charge in [0.2, 0.25) is 5.28 Å². The molecule has 0 saturated heterocycles. The third-order valence-electron chi connectivity index (χ3n) is 6.02. The average Bonchev–Trinajstić information content (AvgIpc) is 3.39. The molecule has 4 aromatic rings. The molecule has 0 atom stereocenters. The Morgan fingerprint density at radius 1 is 1.09 bits per heavy atom. The minimum Gasteiger partial charge on any atom is -0.334 e. The van der Waals surface area contributed by atoms with E-state index in [4.69, 9.17) is 16.1 Å². The summed E-state index contributed by atoms with van der Waals surface area (Å²) in [7, 11) is 0. The van der Waals surface area contributed by atoms with E-state index in [0.717, 1.165) is 18.4 Å². The first kappa shape index (κ1) is 20.7. The minimum atomic E-state index is -0.389. The molecule has 1 aliphatic carbocycles. The standard InChI is InChI=1S/C22H23ClN6O3/c23-21-25-17-18(26-21)29(13-14-7-6-8-14)22(31)28(20(17)30)12-5-4-11-16-24-19(32-27-16)15-9-2-1-3-10-15/h1-3,9-10,14H,4-8,11-13H2,(H,25,26). The molecule has 0 spiro atoms. The van der Waals surface area contributed by atoms with Gasteiger partial charge in [-0.25, -0.2) is 4.79 Å². The summed E-state index contributed by atoms with van der Waals surface area (Å²) in [5, 5.41) is 4.14. The molecule has 3 heterocycles. The van der Waals surface area contributed by atoms with Crippen LogP contribution in [-0.4, -0.2) is 29.2 Å². The van der Waals surface area contributed by atoms with E-state index in [1.165, 1.54) is 11.0 Å². The fourth-order valence-electron chi connectivity index (χ4n) is 4.04. The van der Waals surface area contributed by atoms with Crippen LogP contribution in [0.2, 0.25) is 5.28 Å². The van der Waals surface area contributed by atoms with Crippen LogP contribution in [0.1, 0.15) is 37.9 Å². The molecule has 32 heavy (non-hydrogen) atoms. The predicted molar refractivity (Wildman–Crippen MR) is 120 cm³/mol. The quantitative estimate of drug-likeness (QED) is 0.322. The Bertz CT molecular complexity index is 1350. The van der Waals surface area contributed by atoms with Gasteiger partial charge in [-0.15, -0.1) is 0 Å². The van der Waals surface area contributed by atoms with Crippen LogP contribution in [0.15, 0.2) is 44.4 Å². The summed E-state index contributed by atoms with van der Waals surface area (Å²) >= 11 is 6.00. The number of H-pyrrole nitrogens is 1. The maximum Gasteiger partial charge on any atom is 0.332 e. The van der Waals surface area contributed by atoms with Gasteiger partial charge in [0.05, 0.1) is 0 Å². The number of hydrogen-bond acceptors (Lipinski definition) is 6. The number of aromatic amines is 1. The summed E-state index contributed by atoms with van der Waals surface area (Å²) in [6.45, 7) is 0.861. The molecule has 5 rings (SSSR count). The van der Waals surface area contributed by atoms with Crippen LogP contribution in [0.25, 0.3) is 22.6 Å². The number of benzene rings is 1. The first-order chi connectivity index (χ1) is 15.6. The van der Waals surface area contributed by atoms with Crippen molar-refractivity contribution in [2.75, 3.05) is 0 Å². The van der Waals surface area contributed by atoms with Crippen molar-refractivity contribution in [2.24, 2.45) is 5.92 Å². The first-order valence-electron chi connectivity index (χ1n) is 10.9. The number of rotatable bonds is 8. The van der Waals surface area contributed by atoms with Gasteiger partial charge in [-0.2, -0.15) is 9.97 Å². The van der Waals surface area contributed by atoms with Crippen LogP contribution in [0.4, 0.5) is 0 Å². The lowest BCUT2D eigenvalue weighted by molar-refractivity contribution is 0.273. The molecule has 1 N–H and O–H groups in total. The van der Waals surface area contributed by atoms with Crippen LogP contribution < -0.4 is 11.2 Å². The molecule has 9 nitrogen and oxygen atoms in total. The highest BCUT2D eigenvalue weighted by molar-refractivity contribution is 6.28. The number of unbranched alkanes of at least 4 members (excludes halogenated alkanes) is 1. The Labute approximate surface area is 188 Å². The Balaban J connectivity index is 1.30. The maximum atomic E-state index is 13.1. The predicted octanol–water partition coefficient (Wildman–Crippen LogP) is 3.41. The van der Waals surface area contributed by atoms with Gasteiger partial charge in [0.15, 0.2) is 17.0 Å². The van der Waals surface area contributed by atoms with E-state index in [1.807, 2.05) is 30.3 Å². The molecule has 1 aromatic carbocycles. The minimum absolute atomic E-state index is 0.114. The molecule has 1 saturated carbocycles. The van der Waals surface area contributed by atoms with Crippen molar-refractivity contribution in [3.63, 3.8) is 0 Å². The number of fused-ring (bicyclic) bond motifs is 1. The van der Waals surface area contributed by atoms with Crippen molar-refractivity contribution in [3.05, 3.63) is 62.3 Å². The lowest BCUT2D eigenvalue weighted by Crippen LogP contribution is -2.41. The summed E-state index contributed by atoms with van der Waals surface area (Å²) in [5.41, 5.74) is 0.771. The summed E-state index contributed by atoms with van der Waals surface area (Å²) in [5.74, 6) is 1.53. The van der Waals surface area contributed by atoms with E-state index in [2.05, 4.69) is 20.1 Å². The zero-order valence-corrected chi connectivity index (χ0v) is 18.2. The molecule has 0 aliphatic heterocycles. The van der Waals surface area contributed by atoms with E-state index in [1.54, 1.807) is 4.57 Å². The maximum absolute atomic E-state index is 13.1. The van der Waals surface area contributed by atoms with E-state index in [9.17, 15) is 9.59 Å². The van der Waals surface area contributed by atoms with Crippen LogP contribution in [0.3, 0.4) is 0 Å². The van der Waals surface area contributed by atoms with Gasteiger partial charge in [-0.05, 0) is 55.3 Å². The number of aromatic nitrogens is 6. The van der Waals surface area contributed by atoms with Crippen LogP contribution in [0.5, 0.6) is 0 Å². The zero-order chi connectivity index (χ0) is 22.1. The molecular weight excluding hydrogens is 432 g/mol. The fourth-order valence-corrected chi connectivity index (χ4v) is 4.21. The van der Waals surface area contributed by atoms with Crippen LogP contribution in [0, 0.1) is 5.92 Å². The lowest BCUT2D eigenvalue weighted by Gasteiger charge is -2.26. The number of imidazole rings is 1. The third kappa shape index (κ3) is 4.00. The largest absolute Gasteiger partial charge is 0.334 e. The summed E-state index contributed by atoms with van der Waals surface area (Å²) in [6, 6.07) is 9.58. The molecule has 1 fully saturated rings. The number of aryl methyl sites for hydroxylation is 1. The topological polar surface area (TPSA) is 112 Å². The van der Waals surface area contributed by atoms with E-state index >= 15 is 0 Å². The number of nitrogens with zero attached hydrogens (tertiary/aromatic N) is 5. The first-order valence-corrected chi connectivity index (χ1v) is 11.2. The van der Waals surface area contributed by atoms with Gasteiger partial charge in [0.1, 0.15) is 0 Å². The molecule has 0 amide bonds. The highest BCUT2D eigenvalue weighted by Crippen LogP contribution is 2.28. The van der Waals surface area contributed by atoms with Crippen LogP contribution in [-0.2, 0) is 19.5 Å². The molecule has 10 heteroatoms. The summed E-state index contributed by atoms with van der Waals surface area (Å²) < 4.78 is 8.20. The SMILES string of the molecule is O=c1c2[nH]c(Cl)nc2n(CC2CCC2)c(=O)n1CCCCc1noc(-c2ccccc2)n1. The molecule has 0 unspecified atom stereocenters. The summed E-state index contributed by atoms with van der Waals surface area (Å²) in [4.78, 5) is 37.4. The van der Waals surface area contributed by atoms with Crippen molar-refractivity contribution in [2.45, 2.75) is 51.6 Å².